The van der Waals surface area contributed by atoms with Crippen molar-refractivity contribution in [3.8, 4) is 5.75 Å². The van der Waals surface area contributed by atoms with E-state index in [4.69, 9.17) is 16.3 Å². The molecule has 0 aromatic heterocycles. The number of nitrogens with zero attached hydrogens (tertiary/aromatic N) is 2. The number of hydrogen-bond donors (Lipinski definition) is 0. The van der Waals surface area contributed by atoms with E-state index < -0.39 is 0 Å². The van der Waals surface area contributed by atoms with E-state index in [1.807, 2.05) is 61.5 Å². The van der Waals surface area contributed by atoms with Crippen molar-refractivity contribution >= 4 is 61.7 Å². The smallest absolute Gasteiger partial charge is 0.280 e. The van der Waals surface area contributed by atoms with Crippen molar-refractivity contribution in [1.29, 1.82) is 0 Å². The van der Waals surface area contributed by atoms with Crippen LogP contribution in [0.2, 0.25) is 5.02 Å². The summed E-state index contributed by atoms with van der Waals surface area (Å²) in [5, 5.41) is 8.62. The molecule has 4 aromatic rings. The molecule has 1 aliphatic heterocycles. The summed E-state index contributed by atoms with van der Waals surface area (Å²) < 4.78 is 6.82. The van der Waals surface area contributed by atoms with Crippen LogP contribution in [0.3, 0.4) is 0 Å². The predicted molar refractivity (Wildman–Crippen MR) is 142 cm³/mol. The van der Waals surface area contributed by atoms with Gasteiger partial charge in [0.2, 0.25) is 0 Å². The van der Waals surface area contributed by atoms with Crippen LogP contribution in [-0.2, 0) is 11.4 Å². The van der Waals surface area contributed by atoms with Gasteiger partial charge < -0.3 is 4.74 Å². The molecular weight excluding hydrogens is 512 g/mol. The Morgan fingerprint density at radius 2 is 1.74 bits per heavy atom. The molecule has 168 valence electrons. The number of ether oxygens (including phenoxy) is 1. The maximum absolute atomic E-state index is 13.0. The van der Waals surface area contributed by atoms with Crippen molar-refractivity contribution in [2.24, 2.45) is 5.10 Å². The minimum atomic E-state index is -0.174. The third-order valence-electron chi connectivity index (χ3n) is 5.65. The lowest BCUT2D eigenvalue weighted by molar-refractivity contribution is -0.114. The Morgan fingerprint density at radius 1 is 1.00 bits per heavy atom. The summed E-state index contributed by atoms with van der Waals surface area (Å²) in [5.74, 6) is 0.387. The zero-order valence-corrected chi connectivity index (χ0v) is 20.7. The van der Waals surface area contributed by atoms with Crippen LogP contribution < -0.4 is 9.75 Å². The maximum atomic E-state index is 13.0. The second kappa shape index (κ2) is 9.45. The van der Waals surface area contributed by atoms with Crippen LogP contribution in [-0.4, -0.2) is 11.6 Å². The number of amides is 1. The van der Waals surface area contributed by atoms with Gasteiger partial charge in [-0.3, -0.25) is 4.79 Å². The van der Waals surface area contributed by atoms with Gasteiger partial charge in [0.1, 0.15) is 6.61 Å². The summed E-state index contributed by atoms with van der Waals surface area (Å²) in [6.45, 7) is 2.21. The standard InChI is InChI=1S/C28H20BrClN2O2/c1-18-24(28(33)32(31-18)22-11-3-2-4-12-22)14-19-15-25(29)27(26(30)16-19)34-17-21-10-7-9-20-8-5-6-13-23(20)21/h2-16H,17H2,1H3/b24-14+. The molecule has 0 spiro atoms. The van der Waals surface area contributed by atoms with Gasteiger partial charge in [0.15, 0.2) is 5.75 Å². The summed E-state index contributed by atoms with van der Waals surface area (Å²) in [5.41, 5.74) is 3.76. The van der Waals surface area contributed by atoms with Gasteiger partial charge in [0.25, 0.3) is 5.91 Å². The number of carbonyl (C=O) groups is 1. The van der Waals surface area contributed by atoms with Gasteiger partial charge in [-0.2, -0.15) is 10.1 Å². The summed E-state index contributed by atoms with van der Waals surface area (Å²) in [6, 6.07) is 27.4. The van der Waals surface area contributed by atoms with Crippen LogP contribution in [0.5, 0.6) is 5.75 Å². The van der Waals surface area contributed by atoms with E-state index in [0.717, 1.165) is 22.2 Å². The van der Waals surface area contributed by atoms with Crippen LogP contribution >= 0.6 is 27.5 Å². The highest BCUT2D eigenvalue weighted by Crippen LogP contribution is 2.36. The highest BCUT2D eigenvalue weighted by Gasteiger charge is 2.28. The third-order valence-corrected chi connectivity index (χ3v) is 6.52. The van der Waals surface area contributed by atoms with E-state index in [1.165, 1.54) is 10.4 Å². The average Bonchev–Trinajstić information content (AvgIpc) is 3.12. The molecule has 0 atom stereocenters. The highest BCUT2D eigenvalue weighted by atomic mass is 79.9. The molecule has 4 nitrogen and oxygen atoms in total. The molecule has 0 bridgehead atoms. The molecule has 6 heteroatoms. The van der Waals surface area contributed by atoms with E-state index in [0.29, 0.717) is 33.1 Å². The lowest BCUT2D eigenvalue weighted by Gasteiger charge is -2.13. The Bertz CT molecular complexity index is 1440. The molecule has 1 heterocycles. The Hall–Kier alpha value is -3.41. The molecule has 0 aliphatic carbocycles. The first-order valence-electron chi connectivity index (χ1n) is 10.8. The van der Waals surface area contributed by atoms with Gasteiger partial charge in [-0.05, 0) is 75.1 Å². The molecular formula is C28H20BrClN2O2. The number of hydrogen-bond acceptors (Lipinski definition) is 3. The number of benzene rings is 4. The zero-order chi connectivity index (χ0) is 23.7. The Labute approximate surface area is 211 Å². The molecule has 0 fully saturated rings. The maximum Gasteiger partial charge on any atom is 0.280 e. The van der Waals surface area contributed by atoms with E-state index in [2.05, 4.69) is 45.3 Å². The van der Waals surface area contributed by atoms with Gasteiger partial charge in [-0.1, -0.05) is 72.3 Å². The fraction of sp³-hybridized carbons (Fsp3) is 0.0714. The lowest BCUT2D eigenvalue weighted by atomic mass is 10.1. The molecule has 0 saturated heterocycles. The van der Waals surface area contributed by atoms with Crippen LogP contribution in [0.1, 0.15) is 18.1 Å². The van der Waals surface area contributed by atoms with Gasteiger partial charge in [-0.25, -0.2) is 0 Å². The van der Waals surface area contributed by atoms with Crippen molar-refractivity contribution in [2.45, 2.75) is 13.5 Å². The van der Waals surface area contributed by atoms with Gasteiger partial charge >= 0.3 is 0 Å². The van der Waals surface area contributed by atoms with Crippen LogP contribution in [0, 0.1) is 0 Å². The molecule has 1 aliphatic rings. The summed E-state index contributed by atoms with van der Waals surface area (Å²) in [6.07, 6.45) is 1.80. The minimum Gasteiger partial charge on any atom is -0.486 e. The van der Waals surface area contributed by atoms with E-state index >= 15 is 0 Å². The number of hydrazone groups is 1. The first kappa shape index (κ1) is 22.4. The zero-order valence-electron chi connectivity index (χ0n) is 18.3. The van der Waals surface area contributed by atoms with Gasteiger partial charge in [0, 0.05) is 0 Å². The topological polar surface area (TPSA) is 41.9 Å². The molecule has 4 aromatic carbocycles. The van der Waals surface area contributed by atoms with E-state index in [-0.39, 0.29) is 5.91 Å². The van der Waals surface area contributed by atoms with Gasteiger partial charge in [-0.15, -0.1) is 0 Å². The minimum absolute atomic E-state index is 0.174. The van der Waals surface area contributed by atoms with Crippen molar-refractivity contribution < 1.29 is 9.53 Å². The average molecular weight is 532 g/mol. The van der Waals surface area contributed by atoms with E-state index in [1.54, 1.807) is 12.1 Å². The highest BCUT2D eigenvalue weighted by molar-refractivity contribution is 9.10. The normalized spacial score (nSPS) is 14.7. The van der Waals surface area contributed by atoms with Crippen LogP contribution in [0.25, 0.3) is 16.8 Å². The molecule has 5 rings (SSSR count). The third kappa shape index (κ3) is 4.37. The quantitative estimate of drug-likeness (QED) is 0.248. The number of carbonyl (C=O) groups excluding carboxylic acids is 1. The summed E-state index contributed by atoms with van der Waals surface area (Å²) in [4.78, 5) is 13.0. The first-order valence-corrected chi connectivity index (χ1v) is 11.9. The molecule has 0 unspecified atom stereocenters. The fourth-order valence-corrected chi connectivity index (χ4v) is 4.95. The SMILES string of the molecule is CC1=NN(c2ccccc2)C(=O)/C1=C/c1cc(Cl)c(OCc2cccc3ccccc23)c(Br)c1. The monoisotopic (exact) mass is 530 g/mol. The first-order chi connectivity index (χ1) is 16.5. The Kier molecular flexibility index (Phi) is 6.22. The molecule has 0 N–H and O–H groups in total. The molecule has 1 amide bonds. The fourth-order valence-electron chi connectivity index (χ4n) is 3.96. The predicted octanol–water partition coefficient (Wildman–Crippen LogP) is 7.64. The largest absolute Gasteiger partial charge is 0.486 e. The van der Waals surface area contributed by atoms with Gasteiger partial charge in [0.05, 0.1) is 26.5 Å². The van der Waals surface area contributed by atoms with Crippen LogP contribution in [0.4, 0.5) is 5.69 Å². The Balaban J connectivity index is 1.39. The number of halogens is 2. The van der Waals surface area contributed by atoms with Crippen molar-refractivity contribution in [3.05, 3.63) is 111 Å². The summed E-state index contributed by atoms with van der Waals surface area (Å²) >= 11 is 10.2. The van der Waals surface area contributed by atoms with Crippen molar-refractivity contribution in [3.63, 3.8) is 0 Å². The lowest BCUT2D eigenvalue weighted by Crippen LogP contribution is -2.21. The van der Waals surface area contributed by atoms with E-state index in [9.17, 15) is 4.79 Å². The second-order valence-electron chi connectivity index (χ2n) is 7.94. The van der Waals surface area contributed by atoms with Crippen LogP contribution in [0.15, 0.2) is 100 Å². The number of rotatable bonds is 5. The second-order valence-corrected chi connectivity index (χ2v) is 9.20. The molecule has 34 heavy (non-hydrogen) atoms. The molecule has 0 radical (unpaired) electrons. The van der Waals surface area contributed by atoms with Crippen molar-refractivity contribution in [1.82, 2.24) is 0 Å². The summed E-state index contributed by atoms with van der Waals surface area (Å²) in [7, 11) is 0. The number of fused-ring (bicyclic) bond motifs is 1. The molecule has 0 saturated carbocycles. The van der Waals surface area contributed by atoms with Crippen molar-refractivity contribution in [2.75, 3.05) is 5.01 Å². The Morgan fingerprint density at radius 3 is 2.53 bits per heavy atom. The number of para-hydroxylation sites is 1. The number of anilines is 1.